The van der Waals surface area contributed by atoms with Gasteiger partial charge in [0.1, 0.15) is 5.75 Å². The monoisotopic (exact) mass is 528 g/mol. The second-order valence-corrected chi connectivity index (χ2v) is 9.71. The van der Waals surface area contributed by atoms with E-state index in [1.54, 1.807) is 12.1 Å². The SMILES string of the molecule is CCCCCOc1ccccc1/C=C/C(CCc1ccc(C(O)O)cc1)Cc1ccc(-c2noc(=O)[nH]2)cc1. The fraction of sp³-hybridized carbons (Fsp3) is 0.312. The first-order chi connectivity index (χ1) is 19.0. The molecule has 0 aliphatic rings. The minimum atomic E-state index is -1.46. The standard InChI is InChI=1S/C32H36N2O5/c1-2-3-6-21-38-29-8-5-4-7-26(29)16-13-24(10-9-23-11-19-28(20-12-23)31(35)36)22-25-14-17-27(18-15-25)30-33-32(37)39-34-30/h4-5,7-8,11-20,24,31,35-36H,2-3,6,9-10,21-22H2,1H3,(H,33,34,37)/b16-13+. The molecule has 3 aromatic carbocycles. The first-order valence-electron chi connectivity index (χ1n) is 13.5. The molecule has 1 heterocycles. The van der Waals surface area contributed by atoms with Crippen molar-refractivity contribution in [2.24, 2.45) is 5.92 Å². The number of unbranched alkanes of at least 4 members (excludes halogenated alkanes) is 2. The molecule has 0 fully saturated rings. The van der Waals surface area contributed by atoms with E-state index in [0.29, 0.717) is 18.0 Å². The number of nitrogens with zero attached hydrogens (tertiary/aromatic N) is 1. The predicted molar refractivity (Wildman–Crippen MR) is 152 cm³/mol. The van der Waals surface area contributed by atoms with Gasteiger partial charge in [-0.2, -0.15) is 0 Å². The van der Waals surface area contributed by atoms with Crippen LogP contribution >= 0.6 is 0 Å². The van der Waals surface area contributed by atoms with Gasteiger partial charge < -0.3 is 14.9 Å². The summed E-state index contributed by atoms with van der Waals surface area (Å²) < 4.78 is 10.7. The van der Waals surface area contributed by atoms with Gasteiger partial charge in [0.25, 0.3) is 0 Å². The van der Waals surface area contributed by atoms with Crippen molar-refractivity contribution >= 4 is 6.08 Å². The Labute approximate surface area is 228 Å². The zero-order valence-corrected chi connectivity index (χ0v) is 22.3. The van der Waals surface area contributed by atoms with Crippen molar-refractivity contribution < 1.29 is 19.5 Å². The molecule has 0 spiro atoms. The van der Waals surface area contributed by atoms with Crippen molar-refractivity contribution in [1.29, 1.82) is 0 Å². The van der Waals surface area contributed by atoms with Gasteiger partial charge in [0.2, 0.25) is 0 Å². The largest absolute Gasteiger partial charge is 0.493 e. The van der Waals surface area contributed by atoms with Crippen LogP contribution in [0.2, 0.25) is 0 Å². The van der Waals surface area contributed by atoms with Crippen LogP contribution in [0.3, 0.4) is 0 Å². The summed E-state index contributed by atoms with van der Waals surface area (Å²) in [5.74, 6) is 0.983. The van der Waals surface area contributed by atoms with Gasteiger partial charge in [0.15, 0.2) is 12.1 Å². The van der Waals surface area contributed by atoms with Gasteiger partial charge >= 0.3 is 5.76 Å². The number of rotatable bonds is 14. The number of hydrogen-bond acceptors (Lipinski definition) is 6. The van der Waals surface area contributed by atoms with Gasteiger partial charge in [-0.25, -0.2) is 4.79 Å². The average Bonchev–Trinajstić information content (AvgIpc) is 3.40. The number of nitrogens with one attached hydrogen (secondary N) is 1. The van der Waals surface area contributed by atoms with E-state index in [-0.39, 0.29) is 5.92 Å². The number of aliphatic hydroxyl groups excluding tert-OH is 1. The highest BCUT2D eigenvalue weighted by Gasteiger charge is 2.11. The molecule has 7 nitrogen and oxygen atoms in total. The summed E-state index contributed by atoms with van der Waals surface area (Å²) in [6.07, 6.45) is 8.90. The van der Waals surface area contributed by atoms with E-state index < -0.39 is 12.0 Å². The molecule has 0 aliphatic heterocycles. The Kier molecular flexibility index (Phi) is 10.3. The number of para-hydroxylation sites is 1. The molecule has 3 N–H and O–H groups in total. The van der Waals surface area contributed by atoms with Crippen molar-refractivity contribution in [3.05, 3.63) is 112 Å². The fourth-order valence-electron chi connectivity index (χ4n) is 4.45. The number of aromatic amines is 1. The second kappa shape index (κ2) is 14.3. The maximum Gasteiger partial charge on any atom is 0.439 e. The number of H-pyrrole nitrogens is 1. The number of aromatic nitrogens is 2. The van der Waals surface area contributed by atoms with E-state index in [0.717, 1.165) is 61.0 Å². The van der Waals surface area contributed by atoms with Crippen LogP contribution in [0.4, 0.5) is 0 Å². The molecule has 4 rings (SSSR count). The highest BCUT2D eigenvalue weighted by atomic mass is 16.5. The predicted octanol–water partition coefficient (Wildman–Crippen LogP) is 6.09. The molecular formula is C32H36N2O5. The molecule has 204 valence electrons. The van der Waals surface area contributed by atoms with E-state index in [9.17, 15) is 15.0 Å². The molecule has 0 radical (unpaired) electrons. The highest BCUT2D eigenvalue weighted by Crippen LogP contribution is 2.25. The minimum absolute atomic E-state index is 0.249. The van der Waals surface area contributed by atoms with Gasteiger partial charge in [-0.15, -0.1) is 0 Å². The molecule has 1 unspecified atom stereocenters. The lowest BCUT2D eigenvalue weighted by molar-refractivity contribution is -0.0424. The summed E-state index contributed by atoms with van der Waals surface area (Å²) in [6.45, 7) is 2.90. The van der Waals surface area contributed by atoms with E-state index in [1.807, 2.05) is 54.6 Å². The quantitative estimate of drug-likeness (QED) is 0.135. The van der Waals surface area contributed by atoms with E-state index in [1.165, 1.54) is 5.56 Å². The van der Waals surface area contributed by atoms with E-state index in [2.05, 4.69) is 39.8 Å². The van der Waals surface area contributed by atoms with Gasteiger partial charge in [-0.05, 0) is 48.8 Å². The van der Waals surface area contributed by atoms with Crippen LogP contribution in [0.15, 0.2) is 88.2 Å². The Morgan fingerprint density at radius 3 is 2.41 bits per heavy atom. The molecule has 0 aliphatic carbocycles. The molecule has 4 aromatic rings. The van der Waals surface area contributed by atoms with Crippen molar-refractivity contribution in [2.75, 3.05) is 6.61 Å². The summed E-state index contributed by atoms with van der Waals surface area (Å²) in [5, 5.41) is 22.5. The maximum atomic E-state index is 11.3. The third-order valence-corrected chi connectivity index (χ3v) is 6.72. The molecule has 0 amide bonds. The Balaban J connectivity index is 1.49. The number of allylic oxidation sites excluding steroid dienone is 1. The summed E-state index contributed by atoms with van der Waals surface area (Å²) in [5.41, 5.74) is 4.65. The normalized spacial score (nSPS) is 12.3. The molecule has 1 atom stereocenters. The van der Waals surface area contributed by atoms with Crippen LogP contribution in [-0.4, -0.2) is 27.0 Å². The highest BCUT2D eigenvalue weighted by molar-refractivity contribution is 5.57. The minimum Gasteiger partial charge on any atom is -0.493 e. The van der Waals surface area contributed by atoms with Crippen LogP contribution in [0.5, 0.6) is 5.75 Å². The van der Waals surface area contributed by atoms with Gasteiger partial charge in [-0.1, -0.05) is 104 Å². The molecule has 39 heavy (non-hydrogen) atoms. The second-order valence-electron chi connectivity index (χ2n) is 9.71. The molecule has 7 heteroatoms. The Morgan fingerprint density at radius 2 is 1.72 bits per heavy atom. The first-order valence-corrected chi connectivity index (χ1v) is 13.5. The number of ether oxygens (including phenoxy) is 1. The number of aryl methyl sites for hydroxylation is 1. The zero-order valence-electron chi connectivity index (χ0n) is 22.3. The van der Waals surface area contributed by atoms with Crippen molar-refractivity contribution in [1.82, 2.24) is 10.1 Å². The topological polar surface area (TPSA) is 109 Å². The Hall–Kier alpha value is -3.94. The van der Waals surface area contributed by atoms with Crippen molar-refractivity contribution in [2.45, 2.75) is 51.7 Å². The third kappa shape index (κ3) is 8.53. The van der Waals surface area contributed by atoms with E-state index in [4.69, 9.17) is 4.74 Å². The van der Waals surface area contributed by atoms with Gasteiger partial charge in [0.05, 0.1) is 6.61 Å². The lowest BCUT2D eigenvalue weighted by Gasteiger charge is -2.15. The van der Waals surface area contributed by atoms with Gasteiger partial charge in [-0.3, -0.25) is 9.51 Å². The summed E-state index contributed by atoms with van der Waals surface area (Å²) >= 11 is 0. The lowest BCUT2D eigenvalue weighted by Crippen LogP contribution is -2.04. The van der Waals surface area contributed by atoms with Crippen LogP contribution in [0.25, 0.3) is 17.5 Å². The molecular weight excluding hydrogens is 492 g/mol. The molecule has 0 saturated carbocycles. The van der Waals surface area contributed by atoms with Crippen LogP contribution in [0.1, 0.15) is 61.2 Å². The van der Waals surface area contributed by atoms with Crippen LogP contribution < -0.4 is 10.5 Å². The van der Waals surface area contributed by atoms with Gasteiger partial charge in [0, 0.05) is 16.7 Å². The summed E-state index contributed by atoms with van der Waals surface area (Å²) in [4.78, 5) is 13.9. The first kappa shape index (κ1) is 28.1. The Bertz CT molecular complexity index is 1370. The van der Waals surface area contributed by atoms with E-state index >= 15 is 0 Å². The molecule has 0 saturated heterocycles. The lowest BCUT2D eigenvalue weighted by atomic mass is 9.91. The van der Waals surface area contributed by atoms with Crippen LogP contribution in [-0.2, 0) is 12.8 Å². The summed E-state index contributed by atoms with van der Waals surface area (Å²) in [7, 11) is 0. The number of hydrogen-bond donors (Lipinski definition) is 3. The van der Waals surface area contributed by atoms with Crippen molar-refractivity contribution in [3.8, 4) is 17.1 Å². The summed E-state index contributed by atoms with van der Waals surface area (Å²) in [6, 6.07) is 23.5. The molecule has 1 aromatic heterocycles. The van der Waals surface area contributed by atoms with Crippen LogP contribution in [0, 0.1) is 5.92 Å². The third-order valence-electron chi connectivity index (χ3n) is 6.72. The zero-order chi connectivity index (χ0) is 27.5. The smallest absolute Gasteiger partial charge is 0.439 e. The average molecular weight is 529 g/mol. The maximum absolute atomic E-state index is 11.3. The molecule has 0 bridgehead atoms. The fourth-order valence-corrected chi connectivity index (χ4v) is 4.45. The Morgan fingerprint density at radius 1 is 0.974 bits per heavy atom. The van der Waals surface area contributed by atoms with Crippen molar-refractivity contribution in [3.63, 3.8) is 0 Å². The number of benzene rings is 3. The number of aliphatic hydroxyl groups is 2.